The molecule has 0 aliphatic rings. The van der Waals surface area contributed by atoms with Gasteiger partial charge in [0, 0.05) is 10.9 Å². The van der Waals surface area contributed by atoms with E-state index in [1.165, 1.54) is 0 Å². The fraction of sp³-hybridized carbons (Fsp3) is 0.0909. The number of fused-ring (bicyclic) bond motifs is 1. The number of para-hydroxylation sites is 1. The number of aromatic amines is 1. The van der Waals surface area contributed by atoms with Crippen LogP contribution in [0.3, 0.4) is 0 Å². The number of hydrogen-bond donors (Lipinski definition) is 4. The number of H-pyrrole nitrogens is 1. The summed E-state index contributed by atoms with van der Waals surface area (Å²) in [5, 5.41) is 9.88. The molecule has 1 aromatic heterocycles. The third kappa shape index (κ3) is 2.82. The monoisotopic (exact) mass is 235 g/mol. The predicted molar refractivity (Wildman–Crippen MR) is 64.4 cm³/mol. The van der Waals surface area contributed by atoms with E-state index in [9.17, 15) is 9.90 Å². The molecule has 6 heteroatoms. The second-order valence-electron chi connectivity index (χ2n) is 3.26. The molecule has 0 unspecified atom stereocenters. The first kappa shape index (κ1) is 12.7. The standard InChI is InChI=1S/C10H9NO2.CH4N2O/c1-6-9(12)10(13)7-4-2-3-5-8(7)11-6;2-3-1-4/h2-5,12H,1H3,(H,11,13);1H,2H2,(H,3,4). The maximum atomic E-state index is 11.5. The molecule has 0 radical (unpaired) electrons. The second kappa shape index (κ2) is 5.66. The number of nitrogens with one attached hydrogen (secondary N) is 2. The van der Waals surface area contributed by atoms with Crippen molar-refractivity contribution in [1.29, 1.82) is 0 Å². The Morgan fingerprint density at radius 3 is 2.59 bits per heavy atom. The number of hydrogen-bond acceptors (Lipinski definition) is 4. The fourth-order valence-electron chi connectivity index (χ4n) is 1.35. The molecule has 0 bridgehead atoms. The van der Waals surface area contributed by atoms with Crippen LogP contribution in [-0.4, -0.2) is 16.5 Å². The highest BCUT2D eigenvalue weighted by atomic mass is 16.3. The highest BCUT2D eigenvalue weighted by Crippen LogP contribution is 2.13. The number of carbonyl (C=O) groups excluding carboxylic acids is 1. The van der Waals surface area contributed by atoms with Gasteiger partial charge in [-0.05, 0) is 19.1 Å². The first-order chi connectivity index (χ1) is 8.11. The summed E-state index contributed by atoms with van der Waals surface area (Å²) < 4.78 is 0. The quantitative estimate of drug-likeness (QED) is 0.244. The number of amides is 1. The molecular weight excluding hydrogens is 222 g/mol. The van der Waals surface area contributed by atoms with Crippen LogP contribution in [0.25, 0.3) is 10.9 Å². The maximum Gasteiger partial charge on any atom is 0.231 e. The number of aryl methyl sites for hydroxylation is 1. The van der Waals surface area contributed by atoms with Gasteiger partial charge in [0.15, 0.2) is 5.75 Å². The summed E-state index contributed by atoms with van der Waals surface area (Å²) >= 11 is 0. The van der Waals surface area contributed by atoms with E-state index >= 15 is 0 Å². The molecule has 0 saturated heterocycles. The van der Waals surface area contributed by atoms with Crippen LogP contribution in [0.5, 0.6) is 5.75 Å². The molecule has 2 aromatic rings. The van der Waals surface area contributed by atoms with Crippen LogP contribution < -0.4 is 16.7 Å². The van der Waals surface area contributed by atoms with Crippen LogP contribution >= 0.6 is 0 Å². The molecule has 0 fully saturated rings. The van der Waals surface area contributed by atoms with Gasteiger partial charge in [-0.15, -0.1) is 0 Å². The Kier molecular flexibility index (Phi) is 4.24. The van der Waals surface area contributed by atoms with Gasteiger partial charge >= 0.3 is 0 Å². The highest BCUT2D eigenvalue weighted by molar-refractivity contribution is 5.79. The molecule has 17 heavy (non-hydrogen) atoms. The fourth-order valence-corrected chi connectivity index (χ4v) is 1.35. The van der Waals surface area contributed by atoms with Crippen molar-refractivity contribution < 1.29 is 9.90 Å². The van der Waals surface area contributed by atoms with Gasteiger partial charge in [0.2, 0.25) is 11.8 Å². The van der Waals surface area contributed by atoms with Gasteiger partial charge in [0.05, 0.1) is 5.69 Å². The first-order valence-corrected chi connectivity index (χ1v) is 4.82. The van der Waals surface area contributed by atoms with Crippen molar-refractivity contribution in [2.45, 2.75) is 6.92 Å². The lowest BCUT2D eigenvalue weighted by Gasteiger charge is -2.01. The lowest BCUT2D eigenvalue weighted by molar-refractivity contribution is -0.109. The highest BCUT2D eigenvalue weighted by Gasteiger charge is 2.05. The number of rotatable bonds is 1. The maximum absolute atomic E-state index is 11.5. The summed E-state index contributed by atoms with van der Waals surface area (Å²) in [6.45, 7) is 1.67. The SMILES string of the molecule is Cc1[nH]c2ccccc2c(=O)c1O.NNC=O. The Balaban J connectivity index is 0.000000317. The van der Waals surface area contributed by atoms with Crippen molar-refractivity contribution >= 4 is 17.3 Å². The first-order valence-electron chi connectivity index (χ1n) is 4.82. The third-order valence-electron chi connectivity index (χ3n) is 2.13. The number of aromatic hydroxyl groups is 1. The number of hydrazine groups is 1. The van der Waals surface area contributed by atoms with E-state index in [0.29, 0.717) is 17.5 Å². The van der Waals surface area contributed by atoms with Gasteiger partial charge in [-0.25, -0.2) is 5.84 Å². The van der Waals surface area contributed by atoms with Crippen molar-refractivity contribution in [3.63, 3.8) is 0 Å². The Bertz CT molecular complexity index is 578. The van der Waals surface area contributed by atoms with Gasteiger partial charge in [-0.3, -0.25) is 15.0 Å². The largest absolute Gasteiger partial charge is 0.503 e. The van der Waals surface area contributed by atoms with E-state index in [4.69, 9.17) is 4.79 Å². The minimum atomic E-state index is -0.313. The van der Waals surface area contributed by atoms with Crippen molar-refractivity contribution in [1.82, 2.24) is 10.4 Å². The molecule has 0 aliphatic heterocycles. The topological polar surface area (TPSA) is 108 Å². The zero-order valence-corrected chi connectivity index (χ0v) is 9.23. The van der Waals surface area contributed by atoms with Crippen LogP contribution in [0.2, 0.25) is 0 Å². The zero-order chi connectivity index (χ0) is 12.8. The van der Waals surface area contributed by atoms with Gasteiger partial charge in [-0.2, -0.15) is 0 Å². The van der Waals surface area contributed by atoms with E-state index in [0.717, 1.165) is 5.52 Å². The molecule has 0 saturated carbocycles. The molecular formula is C11H13N3O3. The Morgan fingerprint density at radius 1 is 1.41 bits per heavy atom. The third-order valence-corrected chi connectivity index (χ3v) is 2.13. The van der Waals surface area contributed by atoms with E-state index in [1.54, 1.807) is 24.5 Å². The Morgan fingerprint density at radius 2 is 2.00 bits per heavy atom. The molecule has 0 atom stereocenters. The molecule has 5 N–H and O–H groups in total. The molecule has 90 valence electrons. The van der Waals surface area contributed by atoms with E-state index < -0.39 is 0 Å². The summed E-state index contributed by atoms with van der Waals surface area (Å²) in [6, 6.07) is 7.11. The minimum absolute atomic E-state index is 0.196. The van der Waals surface area contributed by atoms with Crippen LogP contribution in [0.1, 0.15) is 5.69 Å². The molecule has 2 rings (SSSR count). The van der Waals surface area contributed by atoms with Crippen LogP contribution in [0.15, 0.2) is 29.1 Å². The molecule has 0 spiro atoms. The van der Waals surface area contributed by atoms with E-state index in [2.05, 4.69) is 10.8 Å². The average Bonchev–Trinajstić information content (AvgIpc) is 2.36. The Labute approximate surface area is 97.0 Å². The lowest BCUT2D eigenvalue weighted by atomic mass is 10.2. The van der Waals surface area contributed by atoms with Gasteiger partial charge in [0.25, 0.3) is 0 Å². The van der Waals surface area contributed by atoms with Crippen LogP contribution in [0.4, 0.5) is 0 Å². The summed E-state index contributed by atoms with van der Waals surface area (Å²) in [4.78, 5) is 23.4. The van der Waals surface area contributed by atoms with Crippen molar-refractivity contribution in [2.75, 3.05) is 0 Å². The Hall–Kier alpha value is -2.34. The summed E-state index contributed by atoms with van der Waals surface area (Å²) in [7, 11) is 0. The number of nitrogens with two attached hydrogens (primary N) is 1. The van der Waals surface area contributed by atoms with Crippen molar-refractivity contribution in [2.24, 2.45) is 5.84 Å². The second-order valence-corrected chi connectivity index (χ2v) is 3.26. The number of carbonyl (C=O) groups is 1. The van der Waals surface area contributed by atoms with Gasteiger partial charge in [-0.1, -0.05) is 12.1 Å². The number of benzene rings is 1. The minimum Gasteiger partial charge on any atom is -0.503 e. The van der Waals surface area contributed by atoms with Crippen LogP contribution in [0, 0.1) is 6.92 Å². The molecule has 6 nitrogen and oxygen atoms in total. The van der Waals surface area contributed by atoms with Crippen molar-refractivity contribution in [3.05, 3.63) is 40.2 Å². The zero-order valence-electron chi connectivity index (χ0n) is 9.23. The average molecular weight is 235 g/mol. The number of pyridine rings is 1. The molecule has 0 aliphatic carbocycles. The smallest absolute Gasteiger partial charge is 0.231 e. The normalized spacial score (nSPS) is 9.29. The summed E-state index contributed by atoms with van der Waals surface area (Å²) in [5.74, 6) is 4.21. The van der Waals surface area contributed by atoms with E-state index in [-0.39, 0.29) is 11.2 Å². The molecule has 1 amide bonds. The van der Waals surface area contributed by atoms with E-state index in [1.807, 2.05) is 12.1 Å². The predicted octanol–water partition coefficient (Wildman–Crippen LogP) is 0.148. The van der Waals surface area contributed by atoms with Crippen LogP contribution in [-0.2, 0) is 4.79 Å². The molecule has 1 heterocycles. The van der Waals surface area contributed by atoms with Gasteiger partial charge in [0.1, 0.15) is 0 Å². The number of aromatic nitrogens is 1. The van der Waals surface area contributed by atoms with Crippen molar-refractivity contribution in [3.8, 4) is 5.75 Å². The lowest BCUT2D eigenvalue weighted by Crippen LogP contribution is -2.18. The molecule has 1 aromatic carbocycles. The summed E-state index contributed by atoms with van der Waals surface area (Å²) in [6.07, 6.45) is 0.403. The van der Waals surface area contributed by atoms with Gasteiger partial charge < -0.3 is 10.1 Å². The summed E-state index contributed by atoms with van der Waals surface area (Å²) in [5.41, 5.74) is 2.69.